The van der Waals surface area contributed by atoms with Gasteiger partial charge in [0, 0.05) is 41.9 Å². The maximum absolute atomic E-state index is 13.1. The number of H-pyrrole nitrogens is 2. The lowest BCUT2D eigenvalue weighted by Gasteiger charge is -2.16. The Balaban J connectivity index is 1.36. The molecule has 2 aromatic carbocycles. The molecule has 37 heavy (non-hydrogen) atoms. The summed E-state index contributed by atoms with van der Waals surface area (Å²) < 4.78 is 5.18. The quantitative estimate of drug-likeness (QED) is 0.0978. The smallest absolute Gasteiger partial charge is 0.306 e. The summed E-state index contributed by atoms with van der Waals surface area (Å²) in [5.41, 5.74) is 10.8. The van der Waals surface area contributed by atoms with Gasteiger partial charge in [0.25, 0.3) is 5.09 Å². The first-order chi connectivity index (χ1) is 18.0. The Hall–Kier alpha value is -4.71. The first-order valence-electron chi connectivity index (χ1n) is 11.6. The molecule has 2 heterocycles. The van der Waals surface area contributed by atoms with Gasteiger partial charge < -0.3 is 25.6 Å². The highest BCUT2D eigenvalue weighted by Crippen LogP contribution is 2.32. The normalized spacial score (nSPS) is 11.7. The van der Waals surface area contributed by atoms with E-state index in [4.69, 9.17) is 10.5 Å². The highest BCUT2D eigenvalue weighted by atomic mass is 16.9. The maximum atomic E-state index is 13.1. The van der Waals surface area contributed by atoms with Gasteiger partial charge in [0.05, 0.1) is 29.9 Å². The molecule has 0 saturated carbocycles. The van der Waals surface area contributed by atoms with Crippen LogP contribution in [0.1, 0.15) is 29.9 Å². The van der Waals surface area contributed by atoms with Crippen LogP contribution in [0.5, 0.6) is 0 Å². The van der Waals surface area contributed by atoms with Crippen molar-refractivity contribution in [1.82, 2.24) is 15.2 Å². The number of anilines is 1. The van der Waals surface area contributed by atoms with Crippen LogP contribution in [0.15, 0.2) is 61.1 Å². The van der Waals surface area contributed by atoms with Gasteiger partial charge in [0.2, 0.25) is 5.91 Å². The van der Waals surface area contributed by atoms with E-state index in [2.05, 4.69) is 25.3 Å². The van der Waals surface area contributed by atoms with Crippen LogP contribution in [0, 0.1) is 10.1 Å². The molecule has 0 radical (unpaired) electrons. The molecule has 192 valence electrons. The van der Waals surface area contributed by atoms with Gasteiger partial charge >= 0.3 is 5.97 Å². The van der Waals surface area contributed by atoms with Crippen LogP contribution in [0.3, 0.4) is 0 Å². The number of amides is 1. The van der Waals surface area contributed by atoms with E-state index in [0.717, 1.165) is 33.2 Å². The summed E-state index contributed by atoms with van der Waals surface area (Å²) in [4.78, 5) is 42.4. The average molecular weight is 507 g/mol. The molecule has 0 aliphatic rings. The topological polar surface area (TPSA) is 178 Å². The number of esters is 1. The predicted molar refractivity (Wildman–Crippen MR) is 135 cm³/mol. The summed E-state index contributed by atoms with van der Waals surface area (Å²) in [7, 11) is 0. The van der Waals surface area contributed by atoms with Gasteiger partial charge in [-0.15, -0.1) is 10.1 Å². The van der Waals surface area contributed by atoms with E-state index in [1.807, 2.05) is 24.4 Å². The number of nitrogens with two attached hydrogens (primary N) is 1. The van der Waals surface area contributed by atoms with Crippen LogP contribution in [0.25, 0.3) is 22.0 Å². The van der Waals surface area contributed by atoms with Crippen molar-refractivity contribution in [2.75, 3.05) is 18.5 Å². The summed E-state index contributed by atoms with van der Waals surface area (Å²) in [6.07, 6.45) is 5.61. The summed E-state index contributed by atoms with van der Waals surface area (Å²) in [5, 5.41) is 19.9. The Morgan fingerprint density at radius 1 is 1.16 bits per heavy atom. The molecule has 0 aliphatic carbocycles. The number of aromatic amines is 2. The number of nitrogens with zero attached hydrogens (tertiary/aromatic N) is 2. The van der Waals surface area contributed by atoms with Crippen molar-refractivity contribution < 1.29 is 24.3 Å². The molecule has 5 N–H and O–H groups in total. The van der Waals surface area contributed by atoms with Crippen LogP contribution in [0.2, 0.25) is 0 Å². The van der Waals surface area contributed by atoms with Gasteiger partial charge in [0.15, 0.2) is 0 Å². The fourth-order valence-corrected chi connectivity index (χ4v) is 3.95. The lowest BCUT2D eigenvalue weighted by Crippen LogP contribution is -2.27. The zero-order chi connectivity index (χ0) is 26.2. The van der Waals surface area contributed by atoms with Gasteiger partial charge in [-0.2, -0.15) is 5.10 Å². The monoisotopic (exact) mass is 506 g/mol. The lowest BCUT2D eigenvalue weighted by molar-refractivity contribution is -0.757. The Kier molecular flexibility index (Phi) is 8.11. The maximum Gasteiger partial charge on any atom is 0.306 e. The number of hydrogen-bond acceptors (Lipinski definition) is 8. The molecule has 0 saturated heterocycles. The SMILES string of the molecule is NCC(C(=O)Nc1cccc2c(-c3cn[nH]c3)c[nH]c12)c1ccc(COC(=O)CCCO[N+](=O)[O-])cc1. The second-order valence-electron chi connectivity index (χ2n) is 8.26. The highest BCUT2D eigenvalue weighted by molar-refractivity contribution is 6.07. The van der Waals surface area contributed by atoms with Crippen LogP contribution in [-0.4, -0.2) is 45.3 Å². The Labute approximate surface area is 211 Å². The van der Waals surface area contributed by atoms with E-state index in [1.165, 1.54) is 0 Å². The zero-order valence-electron chi connectivity index (χ0n) is 19.8. The van der Waals surface area contributed by atoms with Gasteiger partial charge in [-0.25, -0.2) is 0 Å². The van der Waals surface area contributed by atoms with E-state index in [0.29, 0.717) is 5.69 Å². The molecule has 1 amide bonds. The van der Waals surface area contributed by atoms with Crippen molar-refractivity contribution in [1.29, 1.82) is 0 Å². The third-order valence-corrected chi connectivity index (χ3v) is 5.84. The first-order valence-corrected chi connectivity index (χ1v) is 11.6. The van der Waals surface area contributed by atoms with E-state index in [1.54, 1.807) is 36.7 Å². The van der Waals surface area contributed by atoms with E-state index < -0.39 is 17.0 Å². The average Bonchev–Trinajstić information content (AvgIpc) is 3.57. The van der Waals surface area contributed by atoms with Crippen LogP contribution in [-0.2, 0) is 25.8 Å². The van der Waals surface area contributed by atoms with E-state index in [9.17, 15) is 19.7 Å². The summed E-state index contributed by atoms with van der Waals surface area (Å²) in [6.45, 7) is -0.0148. The molecule has 12 heteroatoms. The second kappa shape index (κ2) is 11.8. The molecular weight excluding hydrogens is 480 g/mol. The third kappa shape index (κ3) is 6.30. The molecule has 12 nitrogen and oxygen atoms in total. The summed E-state index contributed by atoms with van der Waals surface area (Å²) in [6, 6.07) is 12.7. The molecule has 1 atom stereocenters. The van der Waals surface area contributed by atoms with Crippen molar-refractivity contribution in [3.63, 3.8) is 0 Å². The van der Waals surface area contributed by atoms with Crippen molar-refractivity contribution in [2.45, 2.75) is 25.4 Å². The minimum atomic E-state index is -0.902. The lowest BCUT2D eigenvalue weighted by atomic mass is 9.97. The fraction of sp³-hybridized carbons (Fsp3) is 0.240. The standard InChI is InChI=1S/C25H26N6O6/c26-11-20(17-8-6-16(7-9-17)15-36-23(32)5-2-10-37-31(34)35)25(33)30-22-4-1-3-19-21(14-27-24(19)22)18-12-28-29-13-18/h1,3-4,6-9,12-14,20,27H,2,5,10-11,15,26H2,(H,28,29)(H,30,33). The number of fused-ring (bicyclic) bond motifs is 1. The second-order valence-corrected chi connectivity index (χ2v) is 8.26. The van der Waals surface area contributed by atoms with Gasteiger partial charge in [-0.1, -0.05) is 36.4 Å². The van der Waals surface area contributed by atoms with Crippen molar-refractivity contribution >= 4 is 28.5 Å². The fourth-order valence-electron chi connectivity index (χ4n) is 3.95. The molecule has 1 unspecified atom stereocenters. The minimum Gasteiger partial charge on any atom is -0.461 e. The largest absolute Gasteiger partial charge is 0.461 e. The van der Waals surface area contributed by atoms with Crippen molar-refractivity contribution in [3.8, 4) is 11.1 Å². The molecule has 0 spiro atoms. The van der Waals surface area contributed by atoms with Gasteiger partial charge in [-0.3, -0.25) is 14.7 Å². The number of nitrogens with one attached hydrogen (secondary N) is 3. The van der Waals surface area contributed by atoms with Crippen LogP contribution < -0.4 is 11.1 Å². The first kappa shape index (κ1) is 25.4. The number of hydrogen-bond donors (Lipinski definition) is 4. The molecule has 4 rings (SSSR count). The number of aromatic nitrogens is 3. The number of carbonyl (C=O) groups is 2. The van der Waals surface area contributed by atoms with Gasteiger partial charge in [0.1, 0.15) is 6.61 Å². The van der Waals surface area contributed by atoms with Crippen molar-refractivity contribution in [3.05, 3.63) is 82.3 Å². The minimum absolute atomic E-state index is 0.0124. The van der Waals surface area contributed by atoms with Crippen LogP contribution in [0.4, 0.5) is 5.69 Å². The third-order valence-electron chi connectivity index (χ3n) is 5.84. The van der Waals surface area contributed by atoms with E-state index in [-0.39, 0.29) is 38.5 Å². The molecule has 0 aliphatic heterocycles. The molecule has 2 aromatic heterocycles. The number of ether oxygens (including phenoxy) is 1. The molecular formula is C25H26N6O6. The van der Waals surface area contributed by atoms with Crippen LogP contribution >= 0.6 is 0 Å². The van der Waals surface area contributed by atoms with Gasteiger partial charge in [-0.05, 0) is 23.6 Å². The molecule has 0 fully saturated rings. The number of rotatable bonds is 12. The zero-order valence-corrected chi connectivity index (χ0v) is 19.8. The highest BCUT2D eigenvalue weighted by Gasteiger charge is 2.21. The number of para-hydroxylation sites is 1. The number of carbonyl (C=O) groups excluding carboxylic acids is 2. The molecule has 4 aromatic rings. The van der Waals surface area contributed by atoms with Crippen molar-refractivity contribution in [2.24, 2.45) is 5.73 Å². The van der Waals surface area contributed by atoms with E-state index >= 15 is 0 Å². The predicted octanol–water partition coefficient (Wildman–Crippen LogP) is 3.27. The summed E-state index contributed by atoms with van der Waals surface area (Å²) in [5.74, 6) is -1.31. The summed E-state index contributed by atoms with van der Waals surface area (Å²) >= 11 is 0. The Morgan fingerprint density at radius 3 is 2.68 bits per heavy atom. The Bertz CT molecular complexity index is 1370. The Morgan fingerprint density at radius 2 is 1.97 bits per heavy atom. The number of benzene rings is 2. The molecule has 0 bridgehead atoms.